The van der Waals surface area contributed by atoms with Gasteiger partial charge in [0.25, 0.3) is 0 Å². The Kier molecular flexibility index (Phi) is 6.46. The highest BCUT2D eigenvalue weighted by Crippen LogP contribution is 2.60. The highest BCUT2D eigenvalue weighted by Gasteiger charge is 2.51. The molecule has 0 radical (unpaired) electrons. The molecule has 4 fully saturated rings. The standard InChI is InChI=1S/C30H27F6N3O2/c31-29(32,33)20-8-23(11-24(9-20)39-26-25(27(40)41)10-21(15-37-26)30(34,35)36)38-22-3-1-19(2-4-22)28-12-16-5-17(13-28)7-18(6-16)14-28/h1-4,8-11,15-18,38H,5-7,12-14H2,(H,37,39)(H,40,41). The molecule has 11 heteroatoms. The fourth-order valence-corrected chi connectivity index (χ4v) is 7.49. The van der Waals surface area contributed by atoms with E-state index in [-0.39, 0.29) is 16.8 Å². The van der Waals surface area contributed by atoms with Gasteiger partial charge in [-0.15, -0.1) is 0 Å². The van der Waals surface area contributed by atoms with Crippen molar-refractivity contribution in [2.75, 3.05) is 10.6 Å². The number of nitrogens with one attached hydrogen (secondary N) is 2. The van der Waals surface area contributed by atoms with Gasteiger partial charge in [0, 0.05) is 23.3 Å². The Hall–Kier alpha value is -3.76. The summed E-state index contributed by atoms with van der Waals surface area (Å²) in [5, 5.41) is 14.9. The number of nitrogens with zero attached hydrogens (tertiary/aromatic N) is 1. The number of benzene rings is 2. The van der Waals surface area contributed by atoms with Gasteiger partial charge in [-0.25, -0.2) is 9.78 Å². The lowest BCUT2D eigenvalue weighted by Gasteiger charge is -2.57. The number of rotatable bonds is 6. The number of carboxylic acids is 1. The number of alkyl halides is 6. The summed E-state index contributed by atoms with van der Waals surface area (Å²) in [6.45, 7) is 0. The maximum atomic E-state index is 13.7. The van der Waals surface area contributed by atoms with Crippen LogP contribution in [0.5, 0.6) is 0 Å². The third-order valence-corrected chi connectivity index (χ3v) is 8.79. The monoisotopic (exact) mass is 575 g/mol. The summed E-state index contributed by atoms with van der Waals surface area (Å²) >= 11 is 0. The molecule has 0 aliphatic heterocycles. The van der Waals surface area contributed by atoms with Crippen LogP contribution in [0.25, 0.3) is 0 Å². The van der Waals surface area contributed by atoms with E-state index in [1.165, 1.54) is 50.2 Å². The largest absolute Gasteiger partial charge is 0.478 e. The van der Waals surface area contributed by atoms with Crippen LogP contribution in [-0.4, -0.2) is 16.1 Å². The Balaban J connectivity index is 1.27. The molecule has 0 amide bonds. The fourth-order valence-electron chi connectivity index (χ4n) is 7.49. The number of pyridine rings is 1. The van der Waals surface area contributed by atoms with Crippen molar-refractivity contribution in [3.05, 3.63) is 77.0 Å². The number of aromatic carboxylic acids is 1. The lowest BCUT2D eigenvalue weighted by atomic mass is 9.48. The van der Waals surface area contributed by atoms with Crippen LogP contribution in [0.1, 0.15) is 65.6 Å². The van der Waals surface area contributed by atoms with Gasteiger partial charge >= 0.3 is 18.3 Å². The second-order valence-electron chi connectivity index (χ2n) is 11.7. The molecule has 1 aromatic heterocycles. The average Bonchev–Trinajstić information content (AvgIpc) is 2.87. The van der Waals surface area contributed by atoms with E-state index in [2.05, 4.69) is 15.6 Å². The van der Waals surface area contributed by atoms with Crippen LogP contribution in [0.3, 0.4) is 0 Å². The molecule has 4 aliphatic rings. The van der Waals surface area contributed by atoms with Crippen LogP contribution in [0.2, 0.25) is 0 Å². The molecule has 4 bridgehead atoms. The van der Waals surface area contributed by atoms with E-state index in [0.717, 1.165) is 29.9 Å². The number of aromatic nitrogens is 1. The van der Waals surface area contributed by atoms with Crippen LogP contribution >= 0.6 is 0 Å². The minimum absolute atomic E-state index is 0.0636. The Morgan fingerprint density at radius 1 is 0.756 bits per heavy atom. The van der Waals surface area contributed by atoms with Gasteiger partial charge in [-0.1, -0.05) is 12.1 Å². The molecule has 3 N–H and O–H groups in total. The molecule has 41 heavy (non-hydrogen) atoms. The van der Waals surface area contributed by atoms with Gasteiger partial charge in [-0.05, 0) is 104 Å². The SMILES string of the molecule is O=C(O)c1cc(C(F)(F)F)cnc1Nc1cc(Nc2ccc(C34CC5CC(CC(C5)C3)C4)cc2)cc(C(F)(F)F)c1. The Labute approximate surface area is 232 Å². The summed E-state index contributed by atoms with van der Waals surface area (Å²) < 4.78 is 80.4. The van der Waals surface area contributed by atoms with Gasteiger partial charge in [-0.3, -0.25) is 0 Å². The first-order valence-electron chi connectivity index (χ1n) is 13.4. The molecular weight excluding hydrogens is 548 g/mol. The van der Waals surface area contributed by atoms with Crippen molar-refractivity contribution in [1.82, 2.24) is 4.98 Å². The van der Waals surface area contributed by atoms with Crippen LogP contribution in [0.4, 0.5) is 49.2 Å². The van der Waals surface area contributed by atoms with Gasteiger partial charge in [0.1, 0.15) is 11.4 Å². The minimum Gasteiger partial charge on any atom is -0.478 e. The first-order chi connectivity index (χ1) is 19.3. The molecule has 3 aromatic rings. The first-order valence-corrected chi connectivity index (χ1v) is 13.4. The fraction of sp³-hybridized carbons (Fsp3) is 0.400. The Bertz CT molecular complexity index is 1450. The van der Waals surface area contributed by atoms with Crippen LogP contribution in [-0.2, 0) is 17.8 Å². The van der Waals surface area contributed by atoms with Crippen molar-refractivity contribution in [2.24, 2.45) is 17.8 Å². The molecule has 7 rings (SSSR count). The van der Waals surface area contributed by atoms with E-state index in [1.54, 1.807) is 0 Å². The predicted molar refractivity (Wildman–Crippen MR) is 140 cm³/mol. The van der Waals surface area contributed by atoms with Crippen molar-refractivity contribution in [3.63, 3.8) is 0 Å². The lowest BCUT2D eigenvalue weighted by molar-refractivity contribution is -0.138. The van der Waals surface area contributed by atoms with Crippen molar-refractivity contribution < 1.29 is 36.2 Å². The molecule has 0 spiro atoms. The van der Waals surface area contributed by atoms with Gasteiger partial charge < -0.3 is 15.7 Å². The van der Waals surface area contributed by atoms with E-state index >= 15 is 0 Å². The molecule has 4 aliphatic carbocycles. The molecule has 216 valence electrons. The van der Waals surface area contributed by atoms with E-state index in [4.69, 9.17) is 0 Å². The second kappa shape index (κ2) is 9.66. The normalized spacial score (nSPS) is 25.3. The summed E-state index contributed by atoms with van der Waals surface area (Å²) in [5.41, 5.74) is -1.26. The second-order valence-corrected chi connectivity index (χ2v) is 11.7. The number of halogens is 6. The Morgan fingerprint density at radius 3 is 1.80 bits per heavy atom. The molecule has 0 saturated heterocycles. The van der Waals surface area contributed by atoms with E-state index in [1.807, 2.05) is 24.3 Å². The van der Waals surface area contributed by atoms with E-state index in [9.17, 15) is 36.2 Å². The topological polar surface area (TPSA) is 74.2 Å². The van der Waals surface area contributed by atoms with Crippen molar-refractivity contribution in [1.29, 1.82) is 0 Å². The van der Waals surface area contributed by atoms with Crippen molar-refractivity contribution in [3.8, 4) is 0 Å². The average molecular weight is 576 g/mol. The van der Waals surface area contributed by atoms with Gasteiger partial charge in [0.15, 0.2) is 0 Å². The minimum atomic E-state index is -4.84. The van der Waals surface area contributed by atoms with Crippen LogP contribution in [0, 0.1) is 17.8 Å². The molecular formula is C30H27F6N3O2. The van der Waals surface area contributed by atoms with Gasteiger partial charge in [0.2, 0.25) is 0 Å². The highest BCUT2D eigenvalue weighted by atomic mass is 19.4. The summed E-state index contributed by atoms with van der Waals surface area (Å²) in [6, 6.07) is 11.1. The number of hydrogen-bond donors (Lipinski definition) is 3. The highest BCUT2D eigenvalue weighted by molar-refractivity contribution is 5.94. The Morgan fingerprint density at radius 2 is 1.29 bits per heavy atom. The lowest BCUT2D eigenvalue weighted by Crippen LogP contribution is -2.48. The van der Waals surface area contributed by atoms with E-state index in [0.29, 0.717) is 18.0 Å². The first kappa shape index (κ1) is 27.4. The molecule has 2 aromatic carbocycles. The molecule has 5 nitrogen and oxygen atoms in total. The zero-order valence-corrected chi connectivity index (χ0v) is 21.7. The zero-order chi connectivity index (χ0) is 29.2. The smallest absolute Gasteiger partial charge is 0.417 e. The third-order valence-electron chi connectivity index (χ3n) is 8.79. The quantitative estimate of drug-likeness (QED) is 0.256. The van der Waals surface area contributed by atoms with Crippen LogP contribution in [0.15, 0.2) is 54.7 Å². The summed E-state index contributed by atoms with van der Waals surface area (Å²) in [6.07, 6.45) is -1.64. The maximum absolute atomic E-state index is 13.7. The van der Waals surface area contributed by atoms with Gasteiger partial charge in [-0.2, -0.15) is 26.3 Å². The molecule has 0 atom stereocenters. The molecule has 1 heterocycles. The summed E-state index contributed by atoms with van der Waals surface area (Å²) in [5.74, 6) is 0.0916. The summed E-state index contributed by atoms with van der Waals surface area (Å²) in [7, 11) is 0. The van der Waals surface area contributed by atoms with Crippen molar-refractivity contribution >= 4 is 28.8 Å². The number of carbonyl (C=O) groups is 1. The molecule has 4 saturated carbocycles. The van der Waals surface area contributed by atoms with Gasteiger partial charge in [0.05, 0.1) is 11.1 Å². The van der Waals surface area contributed by atoms with Crippen molar-refractivity contribution in [2.45, 2.75) is 56.3 Å². The molecule has 0 unspecified atom stereocenters. The number of carboxylic acid groups (broad SMARTS) is 1. The summed E-state index contributed by atoms with van der Waals surface area (Å²) in [4.78, 5) is 15.2. The maximum Gasteiger partial charge on any atom is 0.417 e. The zero-order valence-electron chi connectivity index (χ0n) is 21.7. The number of hydrogen-bond acceptors (Lipinski definition) is 4. The third kappa shape index (κ3) is 5.46. The van der Waals surface area contributed by atoms with Crippen LogP contribution < -0.4 is 10.6 Å². The predicted octanol–water partition coefficient (Wildman–Crippen LogP) is 8.77. The number of anilines is 4. The van der Waals surface area contributed by atoms with E-state index < -0.39 is 40.8 Å².